The Labute approximate surface area is 123 Å². The van der Waals surface area contributed by atoms with E-state index in [2.05, 4.69) is 35.0 Å². The Kier molecular flexibility index (Phi) is 3.91. The summed E-state index contributed by atoms with van der Waals surface area (Å²) in [6, 6.07) is 22.4. The normalized spacial score (nSPS) is 9.80. The van der Waals surface area contributed by atoms with Crippen molar-refractivity contribution in [2.45, 2.75) is 9.92 Å². The Hall–Kier alpha value is -2.37. The third-order valence-electron chi connectivity index (χ3n) is 2.75. The lowest BCUT2D eigenvalue weighted by Crippen LogP contribution is -1.71. The predicted octanol–water partition coefficient (Wildman–Crippen LogP) is 4.57. The van der Waals surface area contributed by atoms with Gasteiger partial charge in [-0.15, -0.1) is 0 Å². The van der Waals surface area contributed by atoms with Crippen LogP contribution in [0.1, 0.15) is 11.1 Å². The van der Waals surface area contributed by atoms with Crippen molar-refractivity contribution in [2.24, 2.45) is 0 Å². The molecule has 0 bridgehead atoms. The Morgan fingerprint density at radius 1 is 0.750 bits per heavy atom. The van der Waals surface area contributed by atoms with Gasteiger partial charge in [0, 0.05) is 22.2 Å². The van der Waals surface area contributed by atoms with Crippen molar-refractivity contribution in [2.75, 3.05) is 0 Å². The van der Waals surface area contributed by atoms with Gasteiger partial charge in [-0.3, -0.25) is 0 Å². The molecule has 0 aliphatic heterocycles. The minimum Gasteiger partial charge on any atom is -0.355 e. The molecule has 1 aromatic heterocycles. The van der Waals surface area contributed by atoms with Crippen LogP contribution in [0.15, 0.2) is 82.8 Å². The minimum absolute atomic E-state index is 1.01. The molecule has 0 saturated heterocycles. The summed E-state index contributed by atoms with van der Waals surface area (Å²) >= 11 is 1.71. The number of rotatable bonds is 2. The third-order valence-corrected chi connectivity index (χ3v) is 3.72. The highest BCUT2D eigenvalue weighted by atomic mass is 32.2. The molecule has 2 aromatic carbocycles. The minimum atomic E-state index is 1.01. The standard InChI is InChI=1S/C18H13NS/c1-3-7-15(8-4-1)11-12-16-13-18(19-14-16)20-17-9-5-2-6-10-17/h1-10,13-14,19H. The fraction of sp³-hybridized carbons (Fsp3) is 0. The van der Waals surface area contributed by atoms with E-state index in [1.165, 1.54) is 4.90 Å². The monoisotopic (exact) mass is 275 g/mol. The van der Waals surface area contributed by atoms with Gasteiger partial charge >= 0.3 is 0 Å². The van der Waals surface area contributed by atoms with E-state index in [0.29, 0.717) is 0 Å². The third kappa shape index (κ3) is 3.34. The quantitative estimate of drug-likeness (QED) is 0.678. The zero-order chi connectivity index (χ0) is 13.6. The second kappa shape index (κ2) is 6.18. The first kappa shape index (κ1) is 12.7. The van der Waals surface area contributed by atoms with Gasteiger partial charge in [0.05, 0.1) is 5.03 Å². The molecule has 3 aromatic rings. The molecule has 0 radical (unpaired) electrons. The lowest BCUT2D eigenvalue weighted by molar-refractivity contribution is 1.20. The Balaban J connectivity index is 1.73. The fourth-order valence-electron chi connectivity index (χ4n) is 1.79. The van der Waals surface area contributed by atoms with Crippen LogP contribution >= 0.6 is 11.8 Å². The first-order valence-corrected chi connectivity index (χ1v) is 7.20. The molecule has 2 heteroatoms. The number of nitrogens with one attached hydrogen (secondary N) is 1. The van der Waals surface area contributed by atoms with E-state index in [-0.39, 0.29) is 0 Å². The topological polar surface area (TPSA) is 15.8 Å². The first-order chi connectivity index (χ1) is 9.90. The summed E-state index contributed by atoms with van der Waals surface area (Å²) in [5.74, 6) is 6.33. The van der Waals surface area contributed by atoms with Gasteiger partial charge in [0.2, 0.25) is 0 Å². The smallest absolute Gasteiger partial charge is 0.0782 e. The van der Waals surface area contributed by atoms with E-state index in [1.54, 1.807) is 11.8 Å². The molecule has 1 nitrogen and oxygen atoms in total. The number of aromatic amines is 1. The summed E-state index contributed by atoms with van der Waals surface area (Å²) in [4.78, 5) is 4.47. The molecule has 1 heterocycles. The molecule has 0 amide bonds. The SMILES string of the molecule is C(#Cc1c[nH]c(Sc2ccccc2)c1)c1ccccc1. The van der Waals surface area contributed by atoms with Crippen LogP contribution in [0.2, 0.25) is 0 Å². The molecule has 20 heavy (non-hydrogen) atoms. The van der Waals surface area contributed by atoms with Crippen molar-refractivity contribution < 1.29 is 0 Å². The van der Waals surface area contributed by atoms with Crippen LogP contribution in [0.3, 0.4) is 0 Å². The highest BCUT2D eigenvalue weighted by Gasteiger charge is 1.99. The second-order valence-corrected chi connectivity index (χ2v) is 5.40. The van der Waals surface area contributed by atoms with Crippen LogP contribution in [-0.2, 0) is 0 Å². The number of benzene rings is 2. The Bertz CT molecular complexity index is 733. The van der Waals surface area contributed by atoms with E-state index < -0.39 is 0 Å². The number of aromatic nitrogens is 1. The summed E-state index contributed by atoms with van der Waals surface area (Å²) in [6.45, 7) is 0. The maximum Gasteiger partial charge on any atom is 0.0782 e. The highest BCUT2D eigenvalue weighted by Crippen LogP contribution is 2.26. The van der Waals surface area contributed by atoms with Crippen molar-refractivity contribution >= 4 is 11.8 Å². The molecule has 0 atom stereocenters. The average Bonchev–Trinajstić information content (AvgIpc) is 2.95. The van der Waals surface area contributed by atoms with Gasteiger partial charge in [-0.2, -0.15) is 0 Å². The van der Waals surface area contributed by atoms with Crippen molar-refractivity contribution in [3.8, 4) is 11.8 Å². The zero-order valence-corrected chi connectivity index (χ0v) is 11.7. The molecule has 0 aliphatic carbocycles. The van der Waals surface area contributed by atoms with Gasteiger partial charge in [0.1, 0.15) is 0 Å². The van der Waals surface area contributed by atoms with Crippen LogP contribution in [0, 0.1) is 11.8 Å². The van der Waals surface area contributed by atoms with Crippen molar-refractivity contribution in [3.05, 3.63) is 84.1 Å². The van der Waals surface area contributed by atoms with Gasteiger partial charge in [-0.1, -0.05) is 60.0 Å². The molecular weight excluding hydrogens is 262 g/mol. The zero-order valence-electron chi connectivity index (χ0n) is 10.8. The molecule has 0 saturated carbocycles. The molecule has 1 N–H and O–H groups in total. The van der Waals surface area contributed by atoms with Crippen LogP contribution in [0.5, 0.6) is 0 Å². The Morgan fingerprint density at radius 2 is 1.40 bits per heavy atom. The summed E-state index contributed by atoms with van der Waals surface area (Å²) in [5, 5.41) is 1.11. The highest BCUT2D eigenvalue weighted by molar-refractivity contribution is 7.99. The van der Waals surface area contributed by atoms with Crippen molar-refractivity contribution in [3.63, 3.8) is 0 Å². The Morgan fingerprint density at radius 3 is 2.15 bits per heavy atom. The summed E-state index contributed by atoms with van der Waals surface area (Å²) in [6.07, 6.45) is 1.95. The van der Waals surface area contributed by atoms with Crippen molar-refractivity contribution in [1.29, 1.82) is 0 Å². The predicted molar refractivity (Wildman–Crippen MR) is 83.8 cm³/mol. The molecule has 0 fully saturated rings. The molecular formula is C18H13NS. The van der Waals surface area contributed by atoms with E-state index in [1.807, 2.05) is 54.7 Å². The second-order valence-electron chi connectivity index (χ2n) is 4.28. The summed E-state index contributed by atoms with van der Waals surface area (Å²) in [5.41, 5.74) is 2.04. The van der Waals surface area contributed by atoms with E-state index in [9.17, 15) is 0 Å². The maximum absolute atomic E-state index is 3.25. The summed E-state index contributed by atoms with van der Waals surface area (Å²) in [7, 11) is 0. The van der Waals surface area contributed by atoms with E-state index in [0.717, 1.165) is 16.2 Å². The number of hydrogen-bond donors (Lipinski definition) is 1. The van der Waals surface area contributed by atoms with Crippen molar-refractivity contribution in [1.82, 2.24) is 4.98 Å². The lowest BCUT2D eigenvalue weighted by atomic mass is 10.2. The van der Waals surface area contributed by atoms with Crippen LogP contribution in [0.4, 0.5) is 0 Å². The number of hydrogen-bond acceptors (Lipinski definition) is 1. The molecule has 96 valence electrons. The van der Waals surface area contributed by atoms with Crippen LogP contribution in [-0.4, -0.2) is 4.98 Å². The molecule has 0 unspecified atom stereocenters. The van der Waals surface area contributed by atoms with Gasteiger partial charge in [0.25, 0.3) is 0 Å². The van der Waals surface area contributed by atoms with Gasteiger partial charge in [-0.25, -0.2) is 0 Å². The molecule has 0 spiro atoms. The van der Waals surface area contributed by atoms with Gasteiger partial charge < -0.3 is 4.98 Å². The molecule has 0 aliphatic rings. The lowest BCUT2D eigenvalue weighted by Gasteiger charge is -1.96. The summed E-state index contributed by atoms with van der Waals surface area (Å²) < 4.78 is 0. The largest absolute Gasteiger partial charge is 0.355 e. The van der Waals surface area contributed by atoms with Crippen LogP contribution in [0.25, 0.3) is 0 Å². The number of H-pyrrole nitrogens is 1. The van der Waals surface area contributed by atoms with E-state index in [4.69, 9.17) is 0 Å². The molecule has 3 rings (SSSR count). The van der Waals surface area contributed by atoms with E-state index >= 15 is 0 Å². The fourth-order valence-corrected chi connectivity index (χ4v) is 2.64. The van der Waals surface area contributed by atoms with Gasteiger partial charge in [-0.05, 0) is 30.3 Å². The average molecular weight is 275 g/mol. The van der Waals surface area contributed by atoms with Crippen LogP contribution < -0.4 is 0 Å². The first-order valence-electron chi connectivity index (χ1n) is 6.38. The van der Waals surface area contributed by atoms with Gasteiger partial charge in [0.15, 0.2) is 0 Å². The maximum atomic E-state index is 3.25.